The molecule has 0 aromatic carbocycles. The quantitative estimate of drug-likeness (QED) is 0.808. The van der Waals surface area contributed by atoms with Crippen LogP contribution in [0.3, 0.4) is 0 Å². The van der Waals surface area contributed by atoms with Gasteiger partial charge in [-0.2, -0.15) is 0 Å². The molecule has 0 spiro atoms. The highest BCUT2D eigenvalue weighted by Gasteiger charge is 2.28. The van der Waals surface area contributed by atoms with Crippen LogP contribution >= 0.6 is 11.8 Å². The molecule has 2 aromatic heterocycles. The van der Waals surface area contributed by atoms with Crippen molar-refractivity contribution in [3.63, 3.8) is 0 Å². The van der Waals surface area contributed by atoms with Gasteiger partial charge in [-0.3, -0.25) is 9.55 Å². The molecule has 1 saturated carbocycles. The van der Waals surface area contributed by atoms with Crippen molar-refractivity contribution >= 4 is 17.4 Å². The summed E-state index contributed by atoms with van der Waals surface area (Å²) in [6, 6.07) is 3.91. The molecule has 94 valence electrons. The summed E-state index contributed by atoms with van der Waals surface area (Å²) >= 11 is 1.50. The molecular formula is C11H13N5OS. The number of nitrogens with one attached hydrogen (secondary N) is 1. The van der Waals surface area contributed by atoms with E-state index in [1.165, 1.54) is 11.8 Å². The Bertz CT molecular complexity index is 616. The number of pyridine rings is 1. The molecule has 6 nitrogen and oxygen atoms in total. The summed E-state index contributed by atoms with van der Waals surface area (Å²) in [5.74, 6) is 0.655. The number of hydrogen-bond acceptors (Lipinski definition) is 5. The van der Waals surface area contributed by atoms with E-state index in [4.69, 9.17) is 5.73 Å². The molecule has 0 unspecified atom stereocenters. The van der Waals surface area contributed by atoms with Crippen molar-refractivity contribution in [3.8, 4) is 0 Å². The number of hydrogen-bond donors (Lipinski definition) is 2. The van der Waals surface area contributed by atoms with Crippen LogP contribution in [0.2, 0.25) is 0 Å². The Morgan fingerprint density at radius 2 is 2.39 bits per heavy atom. The Morgan fingerprint density at radius 3 is 3.11 bits per heavy atom. The molecule has 3 N–H and O–H groups in total. The monoisotopic (exact) mass is 263 g/mol. The average molecular weight is 263 g/mol. The second kappa shape index (κ2) is 4.49. The molecular weight excluding hydrogens is 250 g/mol. The van der Waals surface area contributed by atoms with Crippen LogP contribution in [0.15, 0.2) is 28.3 Å². The first-order valence-corrected chi connectivity index (χ1v) is 6.73. The second-order valence-corrected chi connectivity index (χ2v) is 5.22. The fourth-order valence-electron chi connectivity index (χ4n) is 1.76. The number of nitrogens with two attached hydrogens (primary N) is 1. The largest absolute Gasteiger partial charge is 0.399 e. The minimum atomic E-state index is -0.125. The standard InChI is InChI=1S/C11H13N5OS/c12-7-3-4-13-8(5-7)6-18-11-15-14-10(17)16(11)9-1-2-9/h3-5,9H,1-2,6H2,(H2,12,13)(H,14,17). The minimum Gasteiger partial charge on any atom is -0.399 e. The maximum atomic E-state index is 11.6. The van der Waals surface area contributed by atoms with Crippen LogP contribution in [-0.4, -0.2) is 19.7 Å². The number of nitrogen functional groups attached to an aromatic ring is 1. The van der Waals surface area contributed by atoms with Gasteiger partial charge in [0.15, 0.2) is 5.16 Å². The maximum Gasteiger partial charge on any atom is 0.344 e. The highest BCUT2D eigenvalue weighted by Crippen LogP contribution is 2.36. The van der Waals surface area contributed by atoms with Gasteiger partial charge in [0.1, 0.15) is 0 Å². The highest BCUT2D eigenvalue weighted by molar-refractivity contribution is 7.98. The van der Waals surface area contributed by atoms with Crippen molar-refractivity contribution in [3.05, 3.63) is 34.5 Å². The summed E-state index contributed by atoms with van der Waals surface area (Å²) in [5, 5.41) is 7.27. The first kappa shape index (κ1) is 11.3. The van der Waals surface area contributed by atoms with Crippen LogP contribution in [0, 0.1) is 0 Å². The van der Waals surface area contributed by atoms with Crippen LogP contribution in [-0.2, 0) is 5.75 Å². The first-order chi connectivity index (χ1) is 8.74. The summed E-state index contributed by atoms with van der Waals surface area (Å²) < 4.78 is 1.73. The normalized spacial score (nSPS) is 14.9. The second-order valence-electron chi connectivity index (χ2n) is 4.28. The van der Waals surface area contributed by atoms with Crippen LogP contribution in [0.25, 0.3) is 0 Å². The van der Waals surface area contributed by atoms with Gasteiger partial charge in [-0.15, -0.1) is 5.10 Å². The van der Waals surface area contributed by atoms with E-state index >= 15 is 0 Å². The number of nitrogens with zero attached hydrogens (tertiary/aromatic N) is 3. The molecule has 0 bridgehead atoms. The van der Waals surface area contributed by atoms with Crippen LogP contribution in [0.1, 0.15) is 24.6 Å². The van der Waals surface area contributed by atoms with E-state index < -0.39 is 0 Å². The molecule has 7 heteroatoms. The van der Waals surface area contributed by atoms with Crippen molar-refractivity contribution < 1.29 is 0 Å². The van der Waals surface area contributed by atoms with E-state index in [0.29, 0.717) is 17.5 Å². The van der Waals surface area contributed by atoms with Gasteiger partial charge in [0.2, 0.25) is 0 Å². The Morgan fingerprint density at radius 1 is 1.56 bits per heavy atom. The van der Waals surface area contributed by atoms with Crippen molar-refractivity contribution in [1.82, 2.24) is 19.7 Å². The van der Waals surface area contributed by atoms with Gasteiger partial charge >= 0.3 is 5.69 Å². The third-order valence-electron chi connectivity index (χ3n) is 2.77. The van der Waals surface area contributed by atoms with E-state index in [1.807, 2.05) is 6.07 Å². The molecule has 1 aliphatic carbocycles. The smallest absolute Gasteiger partial charge is 0.344 e. The van der Waals surface area contributed by atoms with Crippen LogP contribution in [0.5, 0.6) is 0 Å². The summed E-state index contributed by atoms with van der Waals surface area (Å²) in [5.41, 5.74) is 7.15. The Labute approximate surface area is 108 Å². The van der Waals surface area contributed by atoms with Gasteiger partial charge in [-0.25, -0.2) is 9.89 Å². The number of thioether (sulfide) groups is 1. The number of aromatic nitrogens is 4. The maximum absolute atomic E-state index is 11.6. The predicted molar refractivity (Wildman–Crippen MR) is 69.3 cm³/mol. The van der Waals surface area contributed by atoms with Crippen LogP contribution in [0.4, 0.5) is 5.69 Å². The Hall–Kier alpha value is -1.76. The van der Waals surface area contributed by atoms with Gasteiger partial charge in [0, 0.05) is 23.7 Å². The average Bonchev–Trinajstić information content (AvgIpc) is 3.11. The lowest BCUT2D eigenvalue weighted by molar-refractivity contribution is 0.642. The minimum absolute atomic E-state index is 0.125. The zero-order chi connectivity index (χ0) is 12.5. The topological polar surface area (TPSA) is 89.6 Å². The molecule has 1 fully saturated rings. The molecule has 0 aliphatic heterocycles. The summed E-state index contributed by atoms with van der Waals surface area (Å²) in [4.78, 5) is 15.8. The van der Waals surface area contributed by atoms with E-state index in [9.17, 15) is 4.79 Å². The van der Waals surface area contributed by atoms with E-state index in [2.05, 4.69) is 15.2 Å². The Balaban J connectivity index is 1.75. The molecule has 0 radical (unpaired) electrons. The number of rotatable bonds is 4. The fraction of sp³-hybridized carbons (Fsp3) is 0.364. The number of aromatic amines is 1. The lowest BCUT2D eigenvalue weighted by atomic mass is 10.3. The van der Waals surface area contributed by atoms with Crippen molar-refractivity contribution in [1.29, 1.82) is 0 Å². The number of anilines is 1. The van der Waals surface area contributed by atoms with Crippen LogP contribution < -0.4 is 11.4 Å². The van der Waals surface area contributed by atoms with Crippen molar-refractivity contribution in [2.75, 3.05) is 5.73 Å². The summed E-state index contributed by atoms with van der Waals surface area (Å²) in [6.45, 7) is 0. The molecule has 3 rings (SSSR count). The summed E-state index contributed by atoms with van der Waals surface area (Å²) in [6.07, 6.45) is 3.80. The van der Waals surface area contributed by atoms with E-state index in [1.54, 1.807) is 16.8 Å². The molecule has 2 aromatic rings. The van der Waals surface area contributed by atoms with Gasteiger partial charge in [0.25, 0.3) is 0 Å². The third-order valence-corrected chi connectivity index (χ3v) is 3.76. The lowest BCUT2D eigenvalue weighted by Gasteiger charge is -2.03. The first-order valence-electron chi connectivity index (χ1n) is 5.74. The van der Waals surface area contributed by atoms with E-state index in [0.717, 1.165) is 23.7 Å². The highest BCUT2D eigenvalue weighted by atomic mass is 32.2. The fourth-order valence-corrected chi connectivity index (χ4v) is 2.68. The summed E-state index contributed by atoms with van der Waals surface area (Å²) in [7, 11) is 0. The molecule has 1 aliphatic rings. The van der Waals surface area contributed by atoms with Gasteiger partial charge in [-0.1, -0.05) is 11.8 Å². The Kier molecular flexibility index (Phi) is 2.83. The third kappa shape index (κ3) is 2.26. The molecule has 0 amide bonds. The lowest BCUT2D eigenvalue weighted by Crippen LogP contribution is -2.16. The van der Waals surface area contributed by atoms with Crippen molar-refractivity contribution in [2.45, 2.75) is 29.8 Å². The predicted octanol–water partition coefficient (Wildman–Crippen LogP) is 1.18. The molecule has 2 heterocycles. The zero-order valence-corrected chi connectivity index (χ0v) is 10.5. The van der Waals surface area contributed by atoms with Crippen molar-refractivity contribution in [2.24, 2.45) is 0 Å². The molecule has 0 atom stereocenters. The van der Waals surface area contributed by atoms with Gasteiger partial charge in [-0.05, 0) is 25.0 Å². The SMILES string of the molecule is Nc1ccnc(CSc2n[nH]c(=O)n2C2CC2)c1. The number of H-pyrrole nitrogens is 1. The zero-order valence-electron chi connectivity index (χ0n) is 9.67. The molecule has 18 heavy (non-hydrogen) atoms. The van der Waals surface area contributed by atoms with Gasteiger partial charge in [0.05, 0.1) is 5.69 Å². The van der Waals surface area contributed by atoms with E-state index in [-0.39, 0.29) is 5.69 Å². The van der Waals surface area contributed by atoms with Gasteiger partial charge < -0.3 is 5.73 Å². The molecule has 0 saturated heterocycles.